The summed E-state index contributed by atoms with van der Waals surface area (Å²) in [5.41, 5.74) is 2.44. The lowest BCUT2D eigenvalue weighted by atomic mass is 10.2. The zero-order chi connectivity index (χ0) is 19.3. The van der Waals surface area contributed by atoms with E-state index in [-0.39, 0.29) is 23.5 Å². The highest BCUT2D eigenvalue weighted by atomic mass is 32.2. The lowest BCUT2D eigenvalue weighted by molar-refractivity contribution is -0.139. The molecule has 2 aromatic rings. The average molecular weight is 375 g/mol. The van der Waals surface area contributed by atoms with E-state index in [1.165, 1.54) is 13.2 Å². The number of aromatic nitrogens is 3. The van der Waals surface area contributed by atoms with E-state index < -0.39 is 5.97 Å². The first-order valence-corrected chi connectivity index (χ1v) is 8.95. The SMILES string of the molecule is C=CCn1c(C)cc(C(=O)CSc2nc(CC(=O)OC)cc(=O)[nH]2)c1C. The summed E-state index contributed by atoms with van der Waals surface area (Å²) in [5, 5.41) is 0.296. The number of H-pyrrole nitrogens is 1. The fourth-order valence-electron chi connectivity index (χ4n) is 2.57. The minimum absolute atomic E-state index is 0.0561. The molecular formula is C18H21N3O4S. The first-order chi connectivity index (χ1) is 12.3. The second-order valence-electron chi connectivity index (χ2n) is 5.69. The summed E-state index contributed by atoms with van der Waals surface area (Å²) in [4.78, 5) is 42.4. The van der Waals surface area contributed by atoms with Crippen LogP contribution in [0.2, 0.25) is 0 Å². The van der Waals surface area contributed by atoms with Gasteiger partial charge in [-0.1, -0.05) is 17.8 Å². The van der Waals surface area contributed by atoms with E-state index in [9.17, 15) is 14.4 Å². The smallest absolute Gasteiger partial charge is 0.311 e. The molecule has 0 spiro atoms. The molecule has 0 atom stereocenters. The number of rotatable bonds is 8. The largest absolute Gasteiger partial charge is 0.469 e. The number of aryl methyl sites for hydroxylation is 1. The maximum Gasteiger partial charge on any atom is 0.311 e. The molecule has 0 amide bonds. The van der Waals surface area contributed by atoms with Gasteiger partial charge in [0, 0.05) is 29.6 Å². The Morgan fingerprint density at radius 2 is 2.12 bits per heavy atom. The van der Waals surface area contributed by atoms with Gasteiger partial charge in [-0.15, -0.1) is 6.58 Å². The molecule has 0 aliphatic heterocycles. The Balaban J connectivity index is 2.12. The van der Waals surface area contributed by atoms with Gasteiger partial charge in [0.15, 0.2) is 10.9 Å². The number of Topliss-reactive ketones (excluding diaryl/α,β-unsaturated/α-hetero) is 1. The van der Waals surface area contributed by atoms with E-state index in [2.05, 4.69) is 21.3 Å². The second kappa shape index (κ2) is 8.66. The van der Waals surface area contributed by atoms with Crippen LogP contribution in [0.4, 0.5) is 0 Å². The third kappa shape index (κ3) is 4.72. The topological polar surface area (TPSA) is 94.0 Å². The first-order valence-electron chi connectivity index (χ1n) is 7.96. The van der Waals surface area contributed by atoms with Crippen LogP contribution in [0.1, 0.15) is 27.4 Å². The fourth-order valence-corrected chi connectivity index (χ4v) is 3.35. The minimum atomic E-state index is -0.482. The van der Waals surface area contributed by atoms with Gasteiger partial charge in [-0.2, -0.15) is 0 Å². The molecule has 0 saturated heterocycles. The van der Waals surface area contributed by atoms with Crippen molar-refractivity contribution >= 4 is 23.5 Å². The minimum Gasteiger partial charge on any atom is -0.469 e. The number of carbonyl (C=O) groups excluding carboxylic acids is 2. The molecule has 0 saturated carbocycles. The van der Waals surface area contributed by atoms with E-state index in [1.807, 2.05) is 24.5 Å². The van der Waals surface area contributed by atoms with Crippen molar-refractivity contribution in [2.24, 2.45) is 0 Å². The molecule has 1 N–H and O–H groups in total. The number of ether oxygens (including phenoxy) is 1. The Labute approximate surface area is 155 Å². The standard InChI is InChI=1S/C18H21N3O4S/c1-5-6-21-11(2)7-14(12(21)3)15(22)10-26-18-19-13(8-16(23)20-18)9-17(24)25-4/h5,7-8H,1,6,9-10H2,2-4H3,(H,19,20,23). The molecule has 7 nitrogen and oxygen atoms in total. The highest BCUT2D eigenvalue weighted by molar-refractivity contribution is 7.99. The molecule has 2 rings (SSSR count). The molecule has 138 valence electrons. The number of hydrogen-bond donors (Lipinski definition) is 1. The van der Waals surface area contributed by atoms with Crippen LogP contribution in [-0.2, 0) is 22.5 Å². The first kappa shape index (κ1) is 19.7. The number of esters is 1. The van der Waals surface area contributed by atoms with Crippen LogP contribution in [0, 0.1) is 13.8 Å². The third-order valence-electron chi connectivity index (χ3n) is 3.85. The van der Waals surface area contributed by atoms with E-state index in [0.717, 1.165) is 23.1 Å². The summed E-state index contributed by atoms with van der Waals surface area (Å²) in [6.07, 6.45) is 1.69. The van der Waals surface area contributed by atoms with Gasteiger partial charge in [0.25, 0.3) is 5.56 Å². The number of nitrogens with zero attached hydrogens (tertiary/aromatic N) is 2. The molecule has 0 fully saturated rings. The van der Waals surface area contributed by atoms with E-state index in [1.54, 1.807) is 6.08 Å². The van der Waals surface area contributed by atoms with E-state index in [4.69, 9.17) is 0 Å². The van der Waals surface area contributed by atoms with Gasteiger partial charge in [0.2, 0.25) is 0 Å². The molecule has 2 heterocycles. The molecule has 8 heteroatoms. The van der Waals surface area contributed by atoms with Crippen LogP contribution in [0.5, 0.6) is 0 Å². The van der Waals surface area contributed by atoms with Gasteiger partial charge in [-0.3, -0.25) is 14.4 Å². The highest BCUT2D eigenvalue weighted by Crippen LogP contribution is 2.20. The van der Waals surface area contributed by atoms with Crippen molar-refractivity contribution in [2.45, 2.75) is 32.0 Å². The summed E-state index contributed by atoms with van der Waals surface area (Å²) in [6.45, 7) is 8.20. The van der Waals surface area contributed by atoms with Crippen molar-refractivity contribution in [3.63, 3.8) is 0 Å². The third-order valence-corrected chi connectivity index (χ3v) is 4.73. The molecule has 0 aliphatic carbocycles. The lowest BCUT2D eigenvalue weighted by Crippen LogP contribution is -2.14. The van der Waals surface area contributed by atoms with Crippen molar-refractivity contribution in [1.82, 2.24) is 14.5 Å². The zero-order valence-corrected chi connectivity index (χ0v) is 15.8. The van der Waals surface area contributed by atoms with Crippen LogP contribution < -0.4 is 5.56 Å². The molecule has 0 bridgehead atoms. The molecular weight excluding hydrogens is 354 g/mol. The number of carbonyl (C=O) groups is 2. The Morgan fingerprint density at radius 3 is 2.77 bits per heavy atom. The summed E-state index contributed by atoms with van der Waals surface area (Å²) in [7, 11) is 1.27. The molecule has 2 aromatic heterocycles. The Bertz CT molecular complexity index is 898. The van der Waals surface area contributed by atoms with E-state index >= 15 is 0 Å². The van der Waals surface area contributed by atoms with Gasteiger partial charge in [-0.25, -0.2) is 4.98 Å². The average Bonchev–Trinajstić information content (AvgIpc) is 2.87. The number of hydrogen-bond acceptors (Lipinski definition) is 6. The Morgan fingerprint density at radius 1 is 1.38 bits per heavy atom. The number of allylic oxidation sites excluding steroid dienone is 1. The lowest BCUT2D eigenvalue weighted by Gasteiger charge is -2.06. The van der Waals surface area contributed by atoms with Gasteiger partial charge in [-0.05, 0) is 19.9 Å². The molecule has 0 aromatic carbocycles. The van der Waals surface area contributed by atoms with Crippen LogP contribution in [-0.4, -0.2) is 39.2 Å². The second-order valence-corrected chi connectivity index (χ2v) is 6.65. The molecule has 0 unspecified atom stereocenters. The van der Waals surface area contributed by atoms with Crippen molar-refractivity contribution in [3.8, 4) is 0 Å². The predicted octanol–water partition coefficient (Wildman–Crippen LogP) is 2.06. The molecule has 26 heavy (non-hydrogen) atoms. The monoisotopic (exact) mass is 375 g/mol. The normalized spacial score (nSPS) is 10.6. The number of nitrogens with one attached hydrogen (secondary N) is 1. The fraction of sp³-hybridized carbons (Fsp3) is 0.333. The quantitative estimate of drug-likeness (QED) is 0.250. The highest BCUT2D eigenvalue weighted by Gasteiger charge is 2.16. The van der Waals surface area contributed by atoms with Gasteiger partial charge in [0.05, 0.1) is 25.0 Å². The number of aromatic amines is 1. The maximum atomic E-state index is 12.5. The summed E-state index contributed by atoms with van der Waals surface area (Å²) in [5.74, 6) is -0.410. The summed E-state index contributed by atoms with van der Waals surface area (Å²) in [6, 6.07) is 3.09. The van der Waals surface area contributed by atoms with Crippen LogP contribution in [0.3, 0.4) is 0 Å². The molecule has 0 radical (unpaired) electrons. The van der Waals surface area contributed by atoms with Crippen molar-refractivity contribution in [2.75, 3.05) is 12.9 Å². The summed E-state index contributed by atoms with van der Waals surface area (Å²) >= 11 is 1.13. The maximum absolute atomic E-state index is 12.5. The van der Waals surface area contributed by atoms with Crippen molar-refractivity contribution in [3.05, 3.63) is 57.8 Å². The Hall–Kier alpha value is -2.61. The number of methoxy groups -OCH3 is 1. The van der Waals surface area contributed by atoms with Gasteiger partial charge < -0.3 is 14.3 Å². The van der Waals surface area contributed by atoms with Crippen LogP contribution in [0.25, 0.3) is 0 Å². The van der Waals surface area contributed by atoms with Crippen LogP contribution >= 0.6 is 11.8 Å². The predicted molar refractivity (Wildman–Crippen MR) is 99.7 cm³/mol. The number of thioether (sulfide) groups is 1. The zero-order valence-electron chi connectivity index (χ0n) is 15.0. The molecule has 0 aliphatic rings. The number of ketones is 1. The Kier molecular flexibility index (Phi) is 6.57. The van der Waals surface area contributed by atoms with Crippen molar-refractivity contribution in [1.29, 1.82) is 0 Å². The summed E-state index contributed by atoms with van der Waals surface area (Å²) < 4.78 is 6.59. The van der Waals surface area contributed by atoms with Gasteiger partial charge >= 0.3 is 5.97 Å². The van der Waals surface area contributed by atoms with Gasteiger partial charge in [0.1, 0.15) is 0 Å². The van der Waals surface area contributed by atoms with E-state index in [0.29, 0.717) is 23.0 Å². The van der Waals surface area contributed by atoms with Crippen molar-refractivity contribution < 1.29 is 14.3 Å². The van der Waals surface area contributed by atoms with Crippen LogP contribution in [0.15, 0.2) is 34.7 Å².